The Hall–Kier alpha value is -1.28. The number of hydrogen-bond acceptors (Lipinski definition) is 1. The lowest BCUT2D eigenvalue weighted by Gasteiger charge is -2.01. The molecule has 2 rings (SSSR count). The van der Waals surface area contributed by atoms with Gasteiger partial charge in [0, 0.05) is 18.8 Å². The van der Waals surface area contributed by atoms with E-state index in [-0.39, 0.29) is 0 Å². The summed E-state index contributed by atoms with van der Waals surface area (Å²) in [6.07, 6.45) is 1.79. The van der Waals surface area contributed by atoms with E-state index in [4.69, 9.17) is 6.11 Å². The minimum atomic E-state index is 0.499. The average molecular weight is 162 g/mol. The molecule has 0 unspecified atom stereocenters. The molecule has 2 heteroatoms. The molecule has 12 heavy (non-hydrogen) atoms. The molecule has 0 fully saturated rings. The molecule has 0 radical (unpaired) electrons. The van der Waals surface area contributed by atoms with Gasteiger partial charge < -0.3 is 9.30 Å². The van der Waals surface area contributed by atoms with Crippen LogP contribution in [0.4, 0.5) is 0 Å². The first-order chi connectivity index (χ1) is 6.33. The van der Waals surface area contributed by atoms with E-state index in [1.54, 1.807) is 13.3 Å². The molecule has 0 aliphatic rings. The van der Waals surface area contributed by atoms with Gasteiger partial charge in [-0.05, 0) is 17.5 Å². The number of para-hydroxylation sites is 1. The van der Waals surface area contributed by atoms with Gasteiger partial charge in [0.2, 0.25) is 0 Å². The van der Waals surface area contributed by atoms with Crippen LogP contribution < -0.4 is 0 Å². The lowest BCUT2D eigenvalue weighted by atomic mass is 10.2. The van der Waals surface area contributed by atoms with Crippen LogP contribution in [-0.4, -0.2) is 11.7 Å². The first kappa shape index (κ1) is 6.26. The molecule has 0 amide bonds. The third-order valence-corrected chi connectivity index (χ3v) is 1.86. The molecule has 1 heterocycles. The third kappa shape index (κ3) is 1.10. The van der Waals surface area contributed by atoms with Crippen LogP contribution in [0.5, 0.6) is 0 Å². The number of benzene rings is 1. The van der Waals surface area contributed by atoms with E-state index in [0.717, 1.165) is 10.9 Å². The van der Waals surface area contributed by atoms with Crippen molar-refractivity contribution >= 4 is 10.9 Å². The highest BCUT2D eigenvalue weighted by Crippen LogP contribution is 2.14. The van der Waals surface area contributed by atoms with Crippen LogP contribution in [0.25, 0.3) is 10.9 Å². The van der Waals surface area contributed by atoms with Gasteiger partial charge in [-0.1, -0.05) is 18.2 Å². The Balaban J connectivity index is 2.63. The van der Waals surface area contributed by atoms with Crippen LogP contribution in [0.1, 0.15) is 1.37 Å². The minimum Gasteiger partial charge on any atom is -0.364 e. The Labute approximate surface area is 72.8 Å². The SMILES string of the molecule is [2H]c1cn(COC)c2ccccc12. The summed E-state index contributed by atoms with van der Waals surface area (Å²) >= 11 is 0. The standard InChI is InChI=1S/C10H11NO/c1-12-8-11-7-6-9-4-2-3-5-10(9)11/h2-7H,8H2,1H3/i6D. The second kappa shape index (κ2) is 2.99. The zero-order valence-electron chi connectivity index (χ0n) is 7.95. The molecule has 0 saturated carbocycles. The number of hydrogen-bond donors (Lipinski definition) is 0. The zero-order valence-corrected chi connectivity index (χ0v) is 6.95. The van der Waals surface area contributed by atoms with Crippen LogP contribution in [0.3, 0.4) is 0 Å². The van der Waals surface area contributed by atoms with Gasteiger partial charge in [-0.3, -0.25) is 0 Å². The predicted molar refractivity (Wildman–Crippen MR) is 48.9 cm³/mol. The fraction of sp³-hybridized carbons (Fsp3) is 0.200. The van der Waals surface area contributed by atoms with Gasteiger partial charge in [-0.15, -0.1) is 0 Å². The molecule has 0 saturated heterocycles. The molecule has 0 bridgehead atoms. The Kier molecular flexibility index (Phi) is 1.56. The zero-order chi connectivity index (χ0) is 9.26. The maximum absolute atomic E-state index is 7.69. The highest BCUT2D eigenvalue weighted by Gasteiger charge is 1.96. The van der Waals surface area contributed by atoms with Gasteiger partial charge in [-0.25, -0.2) is 0 Å². The summed E-state index contributed by atoms with van der Waals surface area (Å²) in [7, 11) is 1.65. The molecule has 0 spiro atoms. The first-order valence-corrected chi connectivity index (χ1v) is 3.86. The van der Waals surface area contributed by atoms with Crippen molar-refractivity contribution < 1.29 is 6.11 Å². The van der Waals surface area contributed by atoms with Gasteiger partial charge in [0.1, 0.15) is 6.73 Å². The number of ether oxygens (including phenoxy) is 1. The molecular formula is C10H11NO. The molecule has 1 aromatic heterocycles. The molecule has 0 atom stereocenters. The summed E-state index contributed by atoms with van der Waals surface area (Å²) in [6, 6.07) is 8.40. The van der Waals surface area contributed by atoms with E-state index in [1.165, 1.54) is 0 Å². The normalized spacial score (nSPS) is 11.9. The Morgan fingerprint density at radius 1 is 1.50 bits per heavy atom. The monoisotopic (exact) mass is 162 g/mol. The van der Waals surface area contributed by atoms with Gasteiger partial charge >= 0.3 is 0 Å². The Morgan fingerprint density at radius 3 is 3.17 bits per heavy atom. The summed E-state index contributed by atoms with van der Waals surface area (Å²) in [5, 5.41) is 0.972. The predicted octanol–water partition coefficient (Wildman–Crippen LogP) is 2.25. The topological polar surface area (TPSA) is 14.2 Å². The molecule has 2 nitrogen and oxygen atoms in total. The van der Waals surface area contributed by atoms with Crippen LogP contribution in [0, 0.1) is 0 Å². The molecule has 0 aliphatic carbocycles. The van der Waals surface area contributed by atoms with E-state index in [9.17, 15) is 0 Å². The maximum Gasteiger partial charge on any atom is 0.122 e. The van der Waals surface area contributed by atoms with E-state index < -0.39 is 0 Å². The maximum atomic E-state index is 7.69. The highest BCUT2D eigenvalue weighted by molar-refractivity contribution is 5.79. The second-order valence-electron chi connectivity index (χ2n) is 2.68. The van der Waals surface area contributed by atoms with Crippen molar-refractivity contribution in [3.05, 3.63) is 36.5 Å². The van der Waals surface area contributed by atoms with Gasteiger partial charge in [0.25, 0.3) is 0 Å². The molecular weight excluding hydrogens is 150 g/mol. The van der Waals surface area contributed by atoms with Crippen molar-refractivity contribution in [3.8, 4) is 0 Å². The summed E-state index contributed by atoms with van der Waals surface area (Å²) < 4.78 is 14.6. The molecule has 62 valence electrons. The van der Waals surface area contributed by atoms with E-state index >= 15 is 0 Å². The van der Waals surface area contributed by atoms with Crippen molar-refractivity contribution in [3.63, 3.8) is 0 Å². The summed E-state index contributed by atoms with van der Waals surface area (Å²) in [5.41, 5.74) is 1.05. The average Bonchev–Trinajstić information content (AvgIpc) is 2.46. The van der Waals surface area contributed by atoms with Gasteiger partial charge in [0.05, 0.1) is 1.37 Å². The smallest absolute Gasteiger partial charge is 0.122 e. The Morgan fingerprint density at radius 2 is 2.33 bits per heavy atom. The second-order valence-corrected chi connectivity index (χ2v) is 2.68. The van der Waals surface area contributed by atoms with Crippen LogP contribution in [0.2, 0.25) is 0 Å². The summed E-state index contributed by atoms with van der Waals surface area (Å²) in [6.45, 7) is 0.499. The fourth-order valence-corrected chi connectivity index (χ4v) is 1.31. The summed E-state index contributed by atoms with van der Waals surface area (Å²) in [5.74, 6) is 0. The third-order valence-electron chi connectivity index (χ3n) is 1.86. The van der Waals surface area contributed by atoms with E-state index in [2.05, 4.69) is 0 Å². The lowest BCUT2D eigenvalue weighted by Crippen LogP contribution is -1.96. The number of rotatable bonds is 2. The van der Waals surface area contributed by atoms with E-state index in [1.807, 2.05) is 28.8 Å². The van der Waals surface area contributed by atoms with Crippen LogP contribution in [0.15, 0.2) is 36.5 Å². The quantitative estimate of drug-likeness (QED) is 0.660. The largest absolute Gasteiger partial charge is 0.364 e. The highest BCUT2D eigenvalue weighted by atomic mass is 16.5. The number of aromatic nitrogens is 1. The van der Waals surface area contributed by atoms with E-state index in [0.29, 0.717) is 12.8 Å². The van der Waals surface area contributed by atoms with Crippen molar-refractivity contribution in [2.24, 2.45) is 0 Å². The molecule has 0 aliphatic heterocycles. The minimum absolute atomic E-state index is 0.499. The molecule has 0 N–H and O–H groups in total. The number of methoxy groups -OCH3 is 1. The van der Waals surface area contributed by atoms with Crippen molar-refractivity contribution in [1.82, 2.24) is 4.57 Å². The Bertz CT molecular complexity index is 422. The van der Waals surface area contributed by atoms with Crippen molar-refractivity contribution in [1.29, 1.82) is 0 Å². The van der Waals surface area contributed by atoms with Crippen LogP contribution in [-0.2, 0) is 11.5 Å². The lowest BCUT2D eigenvalue weighted by molar-refractivity contribution is 0.135. The van der Waals surface area contributed by atoms with Crippen molar-refractivity contribution in [2.75, 3.05) is 7.11 Å². The van der Waals surface area contributed by atoms with Gasteiger partial charge in [0.15, 0.2) is 0 Å². The summed E-state index contributed by atoms with van der Waals surface area (Å²) in [4.78, 5) is 0. The number of nitrogens with zero attached hydrogens (tertiary/aromatic N) is 1. The molecule has 1 aromatic carbocycles. The first-order valence-electron chi connectivity index (χ1n) is 4.36. The number of fused-ring (bicyclic) bond motifs is 1. The molecule has 2 aromatic rings. The van der Waals surface area contributed by atoms with Crippen molar-refractivity contribution in [2.45, 2.75) is 6.73 Å². The fourth-order valence-electron chi connectivity index (χ4n) is 1.31. The van der Waals surface area contributed by atoms with Gasteiger partial charge in [-0.2, -0.15) is 0 Å². The van der Waals surface area contributed by atoms with Crippen LogP contribution >= 0.6 is 0 Å².